The Morgan fingerprint density at radius 2 is 1.83 bits per heavy atom. The Labute approximate surface area is 263 Å². The van der Waals surface area contributed by atoms with Crippen LogP contribution in [0.25, 0.3) is 11.0 Å². The molecule has 0 unspecified atom stereocenters. The van der Waals surface area contributed by atoms with Gasteiger partial charge >= 0.3 is 12.1 Å². The summed E-state index contributed by atoms with van der Waals surface area (Å²) in [6, 6.07) is 7.29. The van der Waals surface area contributed by atoms with Crippen LogP contribution in [-0.2, 0) is 21.6 Å². The van der Waals surface area contributed by atoms with Crippen molar-refractivity contribution in [2.75, 3.05) is 39.8 Å². The van der Waals surface area contributed by atoms with Gasteiger partial charge in [0, 0.05) is 49.7 Å². The van der Waals surface area contributed by atoms with E-state index in [2.05, 4.69) is 21.3 Å². The fourth-order valence-electron chi connectivity index (χ4n) is 5.29. The molecule has 14 nitrogen and oxygen atoms in total. The molecule has 1 saturated heterocycles. The predicted octanol–water partition coefficient (Wildman–Crippen LogP) is 2.15. The summed E-state index contributed by atoms with van der Waals surface area (Å²) < 4.78 is 26.1. The smallest absolute Gasteiger partial charge is 0.407 e. The third kappa shape index (κ3) is 6.73. The molecule has 46 heavy (non-hydrogen) atoms. The largest absolute Gasteiger partial charge is 0.508 e. The number of urea groups is 1. The lowest BCUT2D eigenvalue weighted by Crippen LogP contribution is -2.52. The van der Waals surface area contributed by atoms with Gasteiger partial charge in [0.1, 0.15) is 28.5 Å². The number of alkyl carbamates (subject to hydrolysis) is 1. The first-order valence-corrected chi connectivity index (χ1v) is 14.6. The lowest BCUT2D eigenvalue weighted by Gasteiger charge is -2.29. The van der Waals surface area contributed by atoms with Crippen molar-refractivity contribution in [2.24, 2.45) is 0 Å². The van der Waals surface area contributed by atoms with Crippen LogP contribution in [0.5, 0.6) is 5.75 Å². The number of ether oxygens (including phenoxy) is 1. The molecule has 2 aliphatic heterocycles. The Bertz CT molecular complexity index is 1730. The first-order chi connectivity index (χ1) is 21.6. The second-order valence-electron chi connectivity index (χ2n) is 12.3. The van der Waals surface area contributed by atoms with Crippen molar-refractivity contribution in [3.63, 3.8) is 0 Å². The Hall–Kier alpha value is -5.18. The van der Waals surface area contributed by atoms with E-state index in [4.69, 9.17) is 9.15 Å². The number of carbonyl (C=O) groups excluding carboxylic acids is 5. The standard InChI is InChI=1S/C31H35FN6O8/c1-30(2,3)46-29(44)34-8-10-37(4)9-7-33-25(40)21-11-18-12-24(45-23(18)14-22(21)32)31(27(42)35-28(43)36-31)16-38-15-17-5-6-19(39)13-20(17)26(38)41/h5-6,11-14,39H,7-10,15-16H2,1-4H3,(H,33,40)(H,34,44)(H2,35,36,42,43)/t31-/m0/s1. The van der Waals surface area contributed by atoms with Crippen LogP contribution in [0.3, 0.4) is 0 Å². The minimum atomic E-state index is -1.84. The molecule has 0 radical (unpaired) electrons. The fourth-order valence-corrected chi connectivity index (χ4v) is 5.29. The number of aromatic hydroxyl groups is 1. The monoisotopic (exact) mass is 638 g/mol. The SMILES string of the molecule is CN(CCNC(=O)OC(C)(C)C)CCNC(=O)c1cc2cc([C@]3(CN4Cc5ccc(O)cc5C4=O)NC(=O)NC3=O)oc2cc1F. The molecule has 3 heterocycles. The topological polar surface area (TPSA) is 183 Å². The van der Waals surface area contributed by atoms with Crippen molar-refractivity contribution in [1.82, 2.24) is 31.1 Å². The van der Waals surface area contributed by atoms with Gasteiger partial charge in [-0.15, -0.1) is 0 Å². The summed E-state index contributed by atoms with van der Waals surface area (Å²) in [6.07, 6.45) is -0.527. The molecular weight excluding hydrogens is 603 g/mol. The molecule has 0 spiro atoms. The Morgan fingerprint density at radius 3 is 2.50 bits per heavy atom. The summed E-state index contributed by atoms with van der Waals surface area (Å²) in [5, 5.41) is 20.2. The van der Waals surface area contributed by atoms with Gasteiger partial charge in [0.15, 0.2) is 5.54 Å². The number of hydrogen-bond donors (Lipinski definition) is 5. The zero-order chi connectivity index (χ0) is 33.4. The minimum Gasteiger partial charge on any atom is -0.508 e. The van der Waals surface area contributed by atoms with Crippen LogP contribution < -0.4 is 21.3 Å². The molecule has 3 aromatic rings. The van der Waals surface area contributed by atoms with Crippen LogP contribution in [0, 0.1) is 5.82 Å². The van der Waals surface area contributed by atoms with E-state index >= 15 is 4.39 Å². The van der Waals surface area contributed by atoms with Crippen LogP contribution >= 0.6 is 0 Å². The molecule has 6 amide bonds. The molecule has 0 aliphatic carbocycles. The minimum absolute atomic E-state index is 0.0237. The van der Waals surface area contributed by atoms with E-state index in [1.807, 2.05) is 4.90 Å². The Morgan fingerprint density at radius 1 is 1.11 bits per heavy atom. The molecule has 1 aromatic heterocycles. The van der Waals surface area contributed by atoms with Crippen molar-refractivity contribution in [3.05, 3.63) is 64.7 Å². The molecule has 5 rings (SSSR count). The third-order valence-electron chi connectivity index (χ3n) is 7.55. The maximum atomic E-state index is 15.1. The van der Waals surface area contributed by atoms with Crippen LogP contribution in [0.4, 0.5) is 14.0 Å². The van der Waals surface area contributed by atoms with E-state index in [9.17, 15) is 29.1 Å². The van der Waals surface area contributed by atoms with Gasteiger partial charge in [0.25, 0.3) is 17.7 Å². The molecular formula is C31H35FN6O8. The molecule has 1 fully saturated rings. The maximum Gasteiger partial charge on any atom is 0.407 e. The molecule has 1 atom stereocenters. The number of rotatable bonds is 10. The maximum absolute atomic E-state index is 15.1. The number of nitrogens with one attached hydrogen (secondary N) is 4. The summed E-state index contributed by atoms with van der Waals surface area (Å²) in [5.74, 6) is -2.91. The molecule has 244 valence electrons. The van der Waals surface area contributed by atoms with Crippen LogP contribution in [-0.4, -0.2) is 90.1 Å². The fraction of sp³-hybridized carbons (Fsp3) is 0.387. The molecule has 2 aromatic carbocycles. The van der Waals surface area contributed by atoms with Crippen molar-refractivity contribution in [3.8, 4) is 5.75 Å². The quantitative estimate of drug-likeness (QED) is 0.208. The van der Waals surface area contributed by atoms with Crippen molar-refractivity contribution in [1.29, 1.82) is 0 Å². The number of phenols is 1. The van der Waals surface area contributed by atoms with E-state index < -0.39 is 46.8 Å². The lowest BCUT2D eigenvalue weighted by molar-refractivity contribution is -0.125. The van der Waals surface area contributed by atoms with Crippen molar-refractivity contribution < 1.29 is 42.6 Å². The number of phenolic OH excluding ortho intramolecular Hbond substituents is 1. The summed E-state index contributed by atoms with van der Waals surface area (Å²) in [4.78, 5) is 66.5. The van der Waals surface area contributed by atoms with Crippen LogP contribution in [0.2, 0.25) is 0 Å². The molecule has 15 heteroatoms. The molecule has 0 bridgehead atoms. The Balaban J connectivity index is 1.26. The van der Waals surface area contributed by atoms with Gasteiger partial charge in [-0.25, -0.2) is 14.0 Å². The van der Waals surface area contributed by atoms with Gasteiger partial charge in [-0.05, 0) is 57.6 Å². The summed E-state index contributed by atoms with van der Waals surface area (Å²) in [5.41, 5.74) is -1.77. The first-order valence-electron chi connectivity index (χ1n) is 14.6. The highest BCUT2D eigenvalue weighted by molar-refractivity contribution is 6.08. The Kier molecular flexibility index (Phi) is 8.62. The zero-order valence-electron chi connectivity index (χ0n) is 25.8. The number of nitrogens with zero attached hydrogens (tertiary/aromatic N) is 2. The van der Waals surface area contributed by atoms with Gasteiger partial charge in [0.2, 0.25) is 0 Å². The second kappa shape index (κ2) is 12.3. The van der Waals surface area contributed by atoms with E-state index in [-0.39, 0.29) is 47.9 Å². The molecule has 0 saturated carbocycles. The highest BCUT2D eigenvalue weighted by Gasteiger charge is 2.53. The van der Waals surface area contributed by atoms with E-state index in [0.29, 0.717) is 30.6 Å². The number of halogens is 1. The summed E-state index contributed by atoms with van der Waals surface area (Å²) in [6.45, 7) is 6.53. The number of hydrogen-bond acceptors (Lipinski definition) is 9. The van der Waals surface area contributed by atoms with Gasteiger partial charge < -0.3 is 40.0 Å². The average Bonchev–Trinajstić information content (AvgIpc) is 3.60. The van der Waals surface area contributed by atoms with E-state index in [1.165, 1.54) is 29.2 Å². The van der Waals surface area contributed by atoms with Crippen LogP contribution in [0.1, 0.15) is 52.8 Å². The van der Waals surface area contributed by atoms with E-state index in [0.717, 1.165) is 6.07 Å². The highest BCUT2D eigenvalue weighted by Crippen LogP contribution is 2.35. The number of likely N-dealkylation sites (N-methyl/N-ethyl adjacent to an activating group) is 1. The second-order valence-corrected chi connectivity index (χ2v) is 12.3. The molecule has 5 N–H and O–H groups in total. The van der Waals surface area contributed by atoms with Gasteiger partial charge in [-0.1, -0.05) is 6.07 Å². The van der Waals surface area contributed by atoms with Crippen molar-refractivity contribution >= 4 is 40.8 Å². The number of fused-ring (bicyclic) bond motifs is 2. The third-order valence-corrected chi connectivity index (χ3v) is 7.55. The zero-order valence-corrected chi connectivity index (χ0v) is 25.8. The number of imide groups is 1. The van der Waals surface area contributed by atoms with Gasteiger partial charge in [0.05, 0.1) is 12.1 Å². The number of furan rings is 1. The summed E-state index contributed by atoms with van der Waals surface area (Å²) >= 11 is 0. The van der Waals surface area contributed by atoms with Crippen molar-refractivity contribution in [2.45, 2.75) is 38.5 Å². The number of benzene rings is 2. The first kappa shape index (κ1) is 32.2. The number of carbonyl (C=O) groups is 5. The predicted molar refractivity (Wildman–Crippen MR) is 161 cm³/mol. The molecule has 2 aliphatic rings. The average molecular weight is 639 g/mol. The number of amides is 6. The van der Waals surface area contributed by atoms with Gasteiger partial charge in [-0.2, -0.15) is 0 Å². The highest BCUT2D eigenvalue weighted by atomic mass is 19.1. The van der Waals surface area contributed by atoms with E-state index in [1.54, 1.807) is 33.9 Å². The lowest BCUT2D eigenvalue weighted by atomic mass is 9.95. The van der Waals surface area contributed by atoms with Crippen LogP contribution in [0.15, 0.2) is 40.8 Å². The summed E-state index contributed by atoms with van der Waals surface area (Å²) in [7, 11) is 1.80. The van der Waals surface area contributed by atoms with Gasteiger partial charge in [-0.3, -0.25) is 19.7 Å². The normalized spacial score (nSPS) is 17.7.